The Hall–Kier alpha value is -1.89. The summed E-state index contributed by atoms with van der Waals surface area (Å²) in [6.45, 7) is 28.6. The number of rotatable bonds is 13. The molecule has 1 aromatic carbocycles. The summed E-state index contributed by atoms with van der Waals surface area (Å²) in [6, 6.07) is 6.55. The fourth-order valence-corrected chi connectivity index (χ4v) is 5.08. The largest absolute Gasteiger partial charge is 0.491 e. The molecule has 0 saturated carbocycles. The molecule has 0 spiro atoms. The van der Waals surface area contributed by atoms with Crippen molar-refractivity contribution >= 4 is 28.7 Å². The smallest absolute Gasteiger partial charge is 0.408 e. The van der Waals surface area contributed by atoms with Gasteiger partial charge < -0.3 is 28.4 Å². The van der Waals surface area contributed by atoms with Crippen molar-refractivity contribution in [1.29, 1.82) is 0 Å². The average Bonchev–Trinajstić information content (AvgIpc) is 2.77. The molecular formula is C30H55NO7Si2. The molecule has 0 aliphatic rings. The van der Waals surface area contributed by atoms with E-state index in [1.54, 1.807) is 20.8 Å². The summed E-state index contributed by atoms with van der Waals surface area (Å²) in [5.74, 6) is 0.178. The van der Waals surface area contributed by atoms with Crippen molar-refractivity contribution in [3.05, 3.63) is 29.8 Å². The summed E-state index contributed by atoms with van der Waals surface area (Å²) in [5, 5.41) is 2.89. The minimum Gasteiger partial charge on any atom is -0.491 e. The highest BCUT2D eigenvalue weighted by molar-refractivity contribution is 6.74. The second-order valence-electron chi connectivity index (χ2n) is 14.3. The van der Waals surface area contributed by atoms with Crippen LogP contribution in [0.1, 0.15) is 67.9 Å². The van der Waals surface area contributed by atoms with Gasteiger partial charge in [-0.25, -0.2) is 9.59 Å². The number of amides is 1. The lowest BCUT2D eigenvalue weighted by Gasteiger charge is -2.36. The highest BCUT2D eigenvalue weighted by Crippen LogP contribution is 2.37. The first kappa shape index (κ1) is 36.1. The molecule has 0 unspecified atom stereocenters. The monoisotopic (exact) mass is 597 g/mol. The van der Waals surface area contributed by atoms with E-state index in [0.29, 0.717) is 25.6 Å². The van der Waals surface area contributed by atoms with Crippen LogP contribution in [0, 0.1) is 0 Å². The first-order valence-electron chi connectivity index (χ1n) is 14.2. The first-order chi connectivity index (χ1) is 18.0. The number of ether oxygens (including phenoxy) is 3. The van der Waals surface area contributed by atoms with Gasteiger partial charge in [0, 0.05) is 6.42 Å². The van der Waals surface area contributed by atoms with E-state index in [-0.39, 0.29) is 23.1 Å². The van der Waals surface area contributed by atoms with Gasteiger partial charge in [0.25, 0.3) is 0 Å². The number of nitrogens with one attached hydrogen (secondary N) is 1. The molecule has 0 aromatic heterocycles. The molecular weight excluding hydrogens is 543 g/mol. The van der Waals surface area contributed by atoms with Crippen LogP contribution in [0.2, 0.25) is 36.3 Å². The normalized spacial score (nSPS) is 13.9. The first-order valence-corrected chi connectivity index (χ1v) is 20.0. The summed E-state index contributed by atoms with van der Waals surface area (Å²) >= 11 is 0. The summed E-state index contributed by atoms with van der Waals surface area (Å²) in [7, 11) is -3.77. The van der Waals surface area contributed by atoms with Crippen molar-refractivity contribution in [3.63, 3.8) is 0 Å². The lowest BCUT2D eigenvalue weighted by atomic mass is 10.1. The number of benzene rings is 1. The van der Waals surface area contributed by atoms with Crippen molar-refractivity contribution in [3.8, 4) is 5.75 Å². The third kappa shape index (κ3) is 12.7. The summed E-state index contributed by atoms with van der Waals surface area (Å²) in [6.07, 6.45) is -0.427. The topological polar surface area (TPSA) is 92.3 Å². The standard InChI is InChI=1S/C30H55NO7Si2/c1-28(2,3)38-27(33)31-25(26(32)35-19-21-37-40(12,13)30(7,8)9)22-23-14-16-24(17-15-23)34-18-20-36-39(10,11)29(4,5)6/h14-17,25H,18-22H2,1-13H3,(H,31,33)/t25-/m0/s1. The summed E-state index contributed by atoms with van der Waals surface area (Å²) in [5.41, 5.74) is 0.156. The molecule has 1 aromatic rings. The van der Waals surface area contributed by atoms with E-state index in [1.807, 2.05) is 24.3 Å². The Bertz CT molecular complexity index is 943. The van der Waals surface area contributed by atoms with Gasteiger partial charge in [0.15, 0.2) is 16.6 Å². The fraction of sp³-hybridized carbons (Fsp3) is 0.733. The Morgan fingerprint density at radius 1 is 0.750 bits per heavy atom. The Morgan fingerprint density at radius 3 is 1.68 bits per heavy atom. The third-order valence-electron chi connectivity index (χ3n) is 7.56. The zero-order valence-electron chi connectivity index (χ0n) is 27.3. The maximum Gasteiger partial charge on any atom is 0.408 e. The predicted molar refractivity (Wildman–Crippen MR) is 166 cm³/mol. The van der Waals surface area contributed by atoms with Crippen LogP contribution >= 0.6 is 0 Å². The molecule has 1 atom stereocenters. The van der Waals surface area contributed by atoms with Crippen molar-refractivity contribution in [1.82, 2.24) is 5.32 Å². The zero-order chi connectivity index (χ0) is 31.0. The minimum atomic E-state index is -1.95. The van der Waals surface area contributed by atoms with Crippen LogP contribution in [0.5, 0.6) is 5.75 Å². The van der Waals surface area contributed by atoms with Gasteiger partial charge in [-0.1, -0.05) is 53.7 Å². The van der Waals surface area contributed by atoms with Crippen molar-refractivity contribution in [2.75, 3.05) is 26.4 Å². The van der Waals surface area contributed by atoms with Gasteiger partial charge in [0.05, 0.1) is 13.2 Å². The number of hydrogen-bond donors (Lipinski definition) is 1. The predicted octanol–water partition coefficient (Wildman–Crippen LogP) is 7.09. The maximum absolute atomic E-state index is 13.0. The van der Waals surface area contributed by atoms with Crippen LogP contribution in [-0.2, 0) is 29.5 Å². The highest BCUT2D eigenvalue weighted by Gasteiger charge is 2.38. The number of alkyl carbamates (subject to hydrolysis) is 1. The quantitative estimate of drug-likeness (QED) is 0.147. The molecule has 1 N–H and O–H groups in total. The van der Waals surface area contributed by atoms with E-state index >= 15 is 0 Å². The fourth-order valence-electron chi connectivity index (χ4n) is 3.03. The van der Waals surface area contributed by atoms with Gasteiger partial charge >= 0.3 is 12.1 Å². The molecule has 1 rings (SSSR count). The Balaban J connectivity index is 2.77. The SMILES string of the molecule is CC(C)(C)OC(=O)N[C@@H](Cc1ccc(OCCO[Si](C)(C)C(C)(C)C)cc1)C(=O)OCCO[Si](C)(C)C(C)(C)C. The average molecular weight is 598 g/mol. The number of esters is 1. The van der Waals surface area contributed by atoms with Gasteiger partial charge in [-0.15, -0.1) is 0 Å². The minimum absolute atomic E-state index is 0.0610. The van der Waals surface area contributed by atoms with Gasteiger partial charge in [0.1, 0.15) is 30.6 Å². The van der Waals surface area contributed by atoms with Crippen molar-refractivity contribution < 1.29 is 32.7 Å². The molecule has 0 aliphatic heterocycles. The molecule has 0 fully saturated rings. The van der Waals surface area contributed by atoms with Crippen molar-refractivity contribution in [2.24, 2.45) is 0 Å². The van der Waals surface area contributed by atoms with E-state index in [2.05, 4.69) is 73.0 Å². The molecule has 10 heteroatoms. The van der Waals surface area contributed by atoms with Crippen LogP contribution in [0.4, 0.5) is 4.79 Å². The van der Waals surface area contributed by atoms with Crippen molar-refractivity contribution in [2.45, 2.75) is 117 Å². The van der Waals surface area contributed by atoms with Crippen LogP contribution in [0.3, 0.4) is 0 Å². The van der Waals surface area contributed by atoms with Crippen LogP contribution < -0.4 is 10.1 Å². The molecule has 0 bridgehead atoms. The summed E-state index contributed by atoms with van der Waals surface area (Å²) < 4.78 is 29.0. The van der Waals surface area contributed by atoms with E-state index in [9.17, 15) is 9.59 Å². The Labute approximate surface area is 245 Å². The van der Waals surface area contributed by atoms with Crippen LogP contribution in [-0.4, -0.2) is 66.8 Å². The highest BCUT2D eigenvalue weighted by atomic mass is 28.4. The number of carbonyl (C=O) groups is 2. The molecule has 8 nitrogen and oxygen atoms in total. The van der Waals surface area contributed by atoms with Gasteiger partial charge in [-0.05, 0) is 74.7 Å². The molecule has 230 valence electrons. The molecule has 0 saturated heterocycles. The Kier molecular flexibility index (Phi) is 12.9. The molecule has 0 heterocycles. The van der Waals surface area contributed by atoms with Gasteiger partial charge in [-0.2, -0.15) is 0 Å². The third-order valence-corrected chi connectivity index (χ3v) is 16.6. The molecule has 0 aliphatic carbocycles. The lowest BCUT2D eigenvalue weighted by molar-refractivity contribution is -0.147. The Morgan fingerprint density at radius 2 is 1.23 bits per heavy atom. The van der Waals surface area contributed by atoms with E-state index in [0.717, 1.165) is 5.56 Å². The number of hydrogen-bond acceptors (Lipinski definition) is 7. The summed E-state index contributed by atoms with van der Waals surface area (Å²) in [4.78, 5) is 25.5. The molecule has 40 heavy (non-hydrogen) atoms. The lowest BCUT2D eigenvalue weighted by Crippen LogP contribution is -2.46. The number of carbonyl (C=O) groups excluding carboxylic acids is 2. The van der Waals surface area contributed by atoms with E-state index < -0.39 is 40.3 Å². The second-order valence-corrected chi connectivity index (χ2v) is 23.9. The van der Waals surface area contributed by atoms with E-state index in [1.165, 1.54) is 0 Å². The van der Waals surface area contributed by atoms with Gasteiger partial charge in [-0.3, -0.25) is 0 Å². The maximum atomic E-state index is 13.0. The van der Waals surface area contributed by atoms with E-state index in [4.69, 9.17) is 23.1 Å². The molecule has 0 radical (unpaired) electrons. The van der Waals surface area contributed by atoms with Crippen LogP contribution in [0.15, 0.2) is 24.3 Å². The zero-order valence-corrected chi connectivity index (χ0v) is 29.3. The van der Waals surface area contributed by atoms with Crippen LogP contribution in [0.25, 0.3) is 0 Å². The second kappa shape index (κ2) is 14.3. The molecule has 1 amide bonds. The van der Waals surface area contributed by atoms with Gasteiger partial charge in [0.2, 0.25) is 0 Å².